The Balaban J connectivity index is 1.45. The van der Waals surface area contributed by atoms with Gasteiger partial charge in [-0.1, -0.05) is 12.1 Å². The first-order valence-corrected chi connectivity index (χ1v) is 9.55. The number of carbonyl (C=O) groups excluding carboxylic acids is 1. The van der Waals surface area contributed by atoms with Crippen LogP contribution < -0.4 is 5.32 Å². The van der Waals surface area contributed by atoms with E-state index in [9.17, 15) is 4.79 Å². The van der Waals surface area contributed by atoms with Gasteiger partial charge < -0.3 is 5.32 Å². The van der Waals surface area contributed by atoms with E-state index >= 15 is 0 Å². The Labute approximate surface area is 153 Å². The summed E-state index contributed by atoms with van der Waals surface area (Å²) in [5.74, 6) is 0.0673. The summed E-state index contributed by atoms with van der Waals surface area (Å²) in [6.07, 6.45) is 1.94. The molecule has 1 aromatic carbocycles. The number of hydrogen-bond donors (Lipinski definition) is 1. The zero-order chi connectivity index (χ0) is 17.8. The van der Waals surface area contributed by atoms with E-state index in [4.69, 9.17) is 0 Å². The molecular weight excluding hydrogens is 332 g/mol. The van der Waals surface area contributed by atoms with E-state index in [-0.39, 0.29) is 5.91 Å². The summed E-state index contributed by atoms with van der Waals surface area (Å²) < 4.78 is 0. The highest BCUT2D eigenvalue weighted by Crippen LogP contribution is 2.18. The van der Waals surface area contributed by atoms with E-state index in [1.807, 2.05) is 25.3 Å². The highest BCUT2D eigenvalue weighted by molar-refractivity contribution is 7.11. The molecule has 0 aliphatic carbocycles. The fourth-order valence-electron chi connectivity index (χ4n) is 3.05. The number of carbonyl (C=O) groups is 1. The number of hydrogen-bond acceptors (Lipinski definition) is 5. The summed E-state index contributed by atoms with van der Waals surface area (Å²) >= 11 is 1.77. The normalized spacial score (nSPS) is 16.1. The molecule has 2 heterocycles. The van der Waals surface area contributed by atoms with Crippen molar-refractivity contribution >= 4 is 22.9 Å². The summed E-state index contributed by atoms with van der Waals surface area (Å²) in [5, 5.41) is 4.23. The monoisotopic (exact) mass is 358 g/mol. The number of aryl methyl sites for hydroxylation is 2. The van der Waals surface area contributed by atoms with Crippen molar-refractivity contribution in [3.05, 3.63) is 45.4 Å². The van der Waals surface area contributed by atoms with Crippen LogP contribution in [0.4, 0.5) is 5.69 Å². The average Bonchev–Trinajstić information content (AvgIpc) is 2.99. The Morgan fingerprint density at radius 2 is 1.88 bits per heavy atom. The first-order chi connectivity index (χ1) is 12.0. The number of thiazole rings is 1. The molecule has 2 aromatic rings. The smallest absolute Gasteiger partial charge is 0.238 e. The molecule has 1 aromatic heterocycles. The first-order valence-electron chi connectivity index (χ1n) is 8.73. The maximum atomic E-state index is 12.3. The van der Waals surface area contributed by atoms with Gasteiger partial charge in [-0.05, 0) is 38.0 Å². The van der Waals surface area contributed by atoms with Crippen LogP contribution in [0.25, 0.3) is 0 Å². The van der Waals surface area contributed by atoms with Crippen LogP contribution in [0.3, 0.4) is 0 Å². The predicted octanol–water partition coefficient (Wildman–Crippen LogP) is 2.82. The minimum absolute atomic E-state index is 0.0673. The quantitative estimate of drug-likeness (QED) is 0.893. The van der Waals surface area contributed by atoms with Crippen LogP contribution in [-0.2, 0) is 11.3 Å². The third-order valence-electron chi connectivity index (χ3n) is 4.74. The lowest BCUT2D eigenvalue weighted by atomic mass is 10.1. The summed E-state index contributed by atoms with van der Waals surface area (Å²) in [7, 11) is 0. The Morgan fingerprint density at radius 3 is 2.56 bits per heavy atom. The topological polar surface area (TPSA) is 48.5 Å². The van der Waals surface area contributed by atoms with Crippen LogP contribution in [0.5, 0.6) is 0 Å². The van der Waals surface area contributed by atoms with Crippen LogP contribution in [0, 0.1) is 20.8 Å². The largest absolute Gasteiger partial charge is 0.325 e. The van der Waals surface area contributed by atoms with Crippen molar-refractivity contribution in [2.75, 3.05) is 38.0 Å². The Morgan fingerprint density at radius 1 is 1.16 bits per heavy atom. The van der Waals surface area contributed by atoms with Gasteiger partial charge in [-0.15, -0.1) is 11.3 Å². The zero-order valence-electron chi connectivity index (χ0n) is 15.2. The lowest BCUT2D eigenvalue weighted by Gasteiger charge is -2.33. The number of nitrogens with zero attached hydrogens (tertiary/aromatic N) is 3. The third kappa shape index (κ3) is 4.87. The van der Waals surface area contributed by atoms with Crippen LogP contribution in [0.15, 0.2) is 24.4 Å². The van der Waals surface area contributed by atoms with Crippen molar-refractivity contribution in [1.82, 2.24) is 14.8 Å². The molecule has 6 heteroatoms. The summed E-state index contributed by atoms with van der Waals surface area (Å²) in [5.41, 5.74) is 3.26. The minimum atomic E-state index is 0.0673. The second kappa shape index (κ2) is 8.08. The van der Waals surface area contributed by atoms with Gasteiger partial charge >= 0.3 is 0 Å². The Bertz CT molecular complexity index is 735. The summed E-state index contributed by atoms with van der Waals surface area (Å²) in [4.78, 5) is 22.7. The fraction of sp³-hybridized carbons (Fsp3) is 0.474. The van der Waals surface area contributed by atoms with Crippen molar-refractivity contribution in [1.29, 1.82) is 0 Å². The molecule has 5 nitrogen and oxygen atoms in total. The van der Waals surface area contributed by atoms with Gasteiger partial charge in [0.2, 0.25) is 5.91 Å². The highest BCUT2D eigenvalue weighted by Gasteiger charge is 2.20. The van der Waals surface area contributed by atoms with Gasteiger partial charge in [-0.2, -0.15) is 0 Å². The van der Waals surface area contributed by atoms with Crippen molar-refractivity contribution in [3.8, 4) is 0 Å². The molecule has 1 fully saturated rings. The van der Waals surface area contributed by atoms with E-state index in [1.54, 1.807) is 11.3 Å². The molecule has 0 spiro atoms. The molecule has 1 aliphatic heterocycles. The molecule has 3 rings (SSSR count). The first kappa shape index (κ1) is 18.0. The highest BCUT2D eigenvalue weighted by atomic mass is 32.1. The van der Waals surface area contributed by atoms with Crippen molar-refractivity contribution in [3.63, 3.8) is 0 Å². The maximum absolute atomic E-state index is 12.3. The predicted molar refractivity (Wildman–Crippen MR) is 103 cm³/mol. The molecule has 1 N–H and O–H groups in total. The molecule has 25 heavy (non-hydrogen) atoms. The van der Waals surface area contributed by atoms with E-state index in [2.05, 4.69) is 40.0 Å². The van der Waals surface area contributed by atoms with Gasteiger partial charge in [-0.25, -0.2) is 4.98 Å². The fourth-order valence-corrected chi connectivity index (χ4v) is 3.88. The van der Waals surface area contributed by atoms with E-state index in [0.29, 0.717) is 6.54 Å². The van der Waals surface area contributed by atoms with Crippen molar-refractivity contribution in [2.24, 2.45) is 0 Å². The number of rotatable bonds is 5. The van der Waals surface area contributed by atoms with E-state index in [0.717, 1.165) is 44.0 Å². The average molecular weight is 359 g/mol. The van der Waals surface area contributed by atoms with Crippen LogP contribution >= 0.6 is 11.3 Å². The molecule has 134 valence electrons. The standard InChI is InChI=1S/C19H26N4OS/c1-14-5-4-6-17(16(14)3)21-18(24)12-22-7-9-23(10-8-22)13-19-20-11-15(2)25-19/h4-6,11H,7-10,12-13H2,1-3H3,(H,21,24). The summed E-state index contributed by atoms with van der Waals surface area (Å²) in [6.45, 7) is 11.4. The number of amides is 1. The van der Waals surface area contributed by atoms with Gasteiger partial charge in [0.05, 0.1) is 13.1 Å². The number of aromatic nitrogens is 1. The third-order valence-corrected chi connectivity index (χ3v) is 5.64. The SMILES string of the molecule is Cc1cnc(CN2CCN(CC(=O)Nc3cccc(C)c3C)CC2)s1. The van der Waals surface area contributed by atoms with Crippen LogP contribution in [0.1, 0.15) is 21.0 Å². The van der Waals surface area contributed by atoms with Crippen molar-refractivity contribution in [2.45, 2.75) is 27.3 Å². The number of piperazine rings is 1. The summed E-state index contributed by atoms with van der Waals surface area (Å²) in [6, 6.07) is 6.01. The lowest BCUT2D eigenvalue weighted by molar-refractivity contribution is -0.117. The van der Waals surface area contributed by atoms with Crippen LogP contribution in [0.2, 0.25) is 0 Å². The molecule has 0 bridgehead atoms. The van der Waals surface area contributed by atoms with Crippen LogP contribution in [-0.4, -0.2) is 53.4 Å². The molecule has 0 saturated carbocycles. The zero-order valence-corrected chi connectivity index (χ0v) is 16.0. The second-order valence-corrected chi connectivity index (χ2v) is 8.03. The molecule has 0 radical (unpaired) electrons. The number of nitrogens with one attached hydrogen (secondary N) is 1. The molecule has 0 unspecified atom stereocenters. The molecule has 1 aliphatic rings. The van der Waals surface area contributed by atoms with Gasteiger partial charge in [0, 0.05) is 42.9 Å². The maximum Gasteiger partial charge on any atom is 0.238 e. The number of anilines is 1. The van der Waals surface area contributed by atoms with Gasteiger partial charge in [0.25, 0.3) is 0 Å². The Kier molecular flexibility index (Phi) is 5.83. The van der Waals surface area contributed by atoms with Gasteiger partial charge in [0.1, 0.15) is 5.01 Å². The molecule has 1 saturated heterocycles. The van der Waals surface area contributed by atoms with Crippen molar-refractivity contribution < 1.29 is 4.79 Å². The molecule has 1 amide bonds. The molecular formula is C19H26N4OS. The minimum Gasteiger partial charge on any atom is -0.325 e. The van der Waals surface area contributed by atoms with Gasteiger partial charge in [0.15, 0.2) is 0 Å². The lowest BCUT2D eigenvalue weighted by Crippen LogP contribution is -2.48. The van der Waals surface area contributed by atoms with E-state index < -0.39 is 0 Å². The Hall–Kier alpha value is -1.76. The second-order valence-electron chi connectivity index (χ2n) is 6.71. The van der Waals surface area contributed by atoms with E-state index in [1.165, 1.54) is 15.4 Å². The van der Waals surface area contributed by atoms with Gasteiger partial charge in [-0.3, -0.25) is 14.6 Å². The number of benzene rings is 1. The molecule has 0 atom stereocenters.